The lowest BCUT2D eigenvalue weighted by Crippen LogP contribution is -2.39. The summed E-state index contributed by atoms with van der Waals surface area (Å²) >= 11 is 7.99. The zero-order valence-corrected chi connectivity index (χ0v) is 18.4. The monoisotopic (exact) mass is 479 g/mol. The highest BCUT2D eigenvalue weighted by atomic mass is 35.5. The third-order valence-electron chi connectivity index (χ3n) is 5.32. The molecular formula is C21H17ClF3N5OS. The van der Waals surface area contributed by atoms with Crippen molar-refractivity contribution >= 4 is 49.9 Å². The topological polar surface area (TPSA) is 63.2 Å². The van der Waals surface area contributed by atoms with E-state index in [1.165, 1.54) is 29.4 Å². The molecule has 4 aromatic rings. The van der Waals surface area contributed by atoms with Gasteiger partial charge in [-0.05, 0) is 12.1 Å². The lowest BCUT2D eigenvalue weighted by molar-refractivity contribution is 0.0156. The first kappa shape index (κ1) is 21.2. The highest BCUT2D eigenvalue weighted by molar-refractivity contribution is 7.16. The molecule has 1 aliphatic rings. The molecule has 0 atom stereocenters. The Hall–Kier alpha value is -2.69. The number of para-hydroxylation sites is 1. The van der Waals surface area contributed by atoms with E-state index in [2.05, 4.69) is 20.3 Å². The van der Waals surface area contributed by atoms with Crippen LogP contribution in [0.5, 0.6) is 6.01 Å². The van der Waals surface area contributed by atoms with E-state index in [0.29, 0.717) is 17.6 Å². The lowest BCUT2D eigenvalue weighted by atomic mass is 10.0. The first-order valence-corrected chi connectivity index (χ1v) is 11.0. The minimum atomic E-state index is -2.98. The van der Waals surface area contributed by atoms with Crippen LogP contribution in [0.2, 0.25) is 5.02 Å². The molecule has 11 heteroatoms. The van der Waals surface area contributed by atoms with E-state index in [4.69, 9.17) is 16.3 Å². The first-order valence-electron chi connectivity index (χ1n) is 9.78. The maximum Gasteiger partial charge on any atom is 0.318 e. The van der Waals surface area contributed by atoms with Gasteiger partial charge in [0.25, 0.3) is 5.92 Å². The summed E-state index contributed by atoms with van der Waals surface area (Å²) in [4.78, 5) is 14.2. The summed E-state index contributed by atoms with van der Waals surface area (Å²) < 4.78 is 50.5. The molecule has 0 unspecified atom stereocenters. The second-order valence-electron chi connectivity index (χ2n) is 7.44. The summed E-state index contributed by atoms with van der Waals surface area (Å²) in [6.07, 6.45) is 0. The summed E-state index contributed by atoms with van der Waals surface area (Å²) in [6.45, 7) is -0.442. The quantitative estimate of drug-likeness (QED) is 0.457. The van der Waals surface area contributed by atoms with Crippen LogP contribution in [0.1, 0.15) is 0 Å². The van der Waals surface area contributed by atoms with Gasteiger partial charge in [-0.1, -0.05) is 23.7 Å². The number of aromatic nitrogens is 3. The molecule has 3 heterocycles. The van der Waals surface area contributed by atoms with Crippen molar-refractivity contribution in [1.29, 1.82) is 0 Å². The van der Waals surface area contributed by atoms with Gasteiger partial charge in [-0.15, -0.1) is 11.3 Å². The molecule has 2 aromatic carbocycles. The van der Waals surface area contributed by atoms with Crippen molar-refractivity contribution in [2.75, 3.05) is 38.2 Å². The van der Waals surface area contributed by atoms with Crippen LogP contribution in [0, 0.1) is 5.82 Å². The molecule has 166 valence electrons. The van der Waals surface area contributed by atoms with Gasteiger partial charge in [0.2, 0.25) is 0 Å². The maximum atomic E-state index is 15.9. The Morgan fingerprint density at radius 3 is 2.91 bits per heavy atom. The molecule has 0 radical (unpaired) electrons. The van der Waals surface area contributed by atoms with Gasteiger partial charge < -0.3 is 15.0 Å². The Kier molecular flexibility index (Phi) is 5.31. The van der Waals surface area contributed by atoms with E-state index >= 15 is 4.39 Å². The number of anilines is 1. The largest absolute Gasteiger partial charge is 0.467 e. The molecule has 0 bridgehead atoms. The minimum Gasteiger partial charge on any atom is -0.467 e. The van der Waals surface area contributed by atoms with Crippen LogP contribution in [-0.4, -0.2) is 54.2 Å². The Morgan fingerprint density at radius 2 is 2.09 bits per heavy atom. The molecule has 5 rings (SSSR count). The number of benzene rings is 2. The van der Waals surface area contributed by atoms with Crippen molar-refractivity contribution in [2.45, 2.75) is 5.92 Å². The van der Waals surface area contributed by atoms with Crippen LogP contribution >= 0.6 is 22.9 Å². The van der Waals surface area contributed by atoms with Crippen molar-refractivity contribution in [1.82, 2.24) is 20.3 Å². The molecule has 2 aromatic heterocycles. The summed E-state index contributed by atoms with van der Waals surface area (Å²) in [6, 6.07) is 6.82. The average molecular weight is 480 g/mol. The van der Waals surface area contributed by atoms with E-state index in [0.717, 1.165) is 4.70 Å². The number of methoxy groups -OCH3 is 1. The number of hydrogen-bond acceptors (Lipinski definition) is 7. The fourth-order valence-corrected chi connectivity index (χ4v) is 4.90. The maximum absolute atomic E-state index is 15.9. The first-order chi connectivity index (χ1) is 15.4. The molecule has 1 aliphatic heterocycles. The third-order valence-corrected chi connectivity index (χ3v) is 6.41. The predicted molar refractivity (Wildman–Crippen MR) is 120 cm³/mol. The molecule has 6 nitrogen and oxygen atoms in total. The van der Waals surface area contributed by atoms with E-state index in [1.807, 2.05) is 6.07 Å². The highest BCUT2D eigenvalue weighted by Crippen LogP contribution is 2.41. The van der Waals surface area contributed by atoms with Crippen LogP contribution < -0.4 is 15.0 Å². The van der Waals surface area contributed by atoms with Gasteiger partial charge in [-0.2, -0.15) is 9.97 Å². The smallest absolute Gasteiger partial charge is 0.318 e. The lowest BCUT2D eigenvalue weighted by Gasteiger charge is -2.26. The number of halogens is 4. The van der Waals surface area contributed by atoms with Gasteiger partial charge in [0, 0.05) is 29.6 Å². The molecular weight excluding hydrogens is 463 g/mol. The van der Waals surface area contributed by atoms with Crippen molar-refractivity contribution < 1.29 is 17.9 Å². The normalized spacial score (nSPS) is 16.5. The molecule has 0 aliphatic carbocycles. The van der Waals surface area contributed by atoms with Crippen LogP contribution in [0.15, 0.2) is 29.8 Å². The standard InChI is InChI=1S/C21H17ClF3N5OS/c1-31-20-28-18-12(19(29-20)30-6-5-26-8-21(24,25)9-30)7-13(22)15(16(18)23)11-3-2-4-14-17(11)27-10-32-14/h2-4,7,10,26H,5-6,8-9H2,1H3. The Bertz CT molecular complexity index is 1330. The van der Waals surface area contributed by atoms with Crippen molar-refractivity contribution in [2.24, 2.45) is 0 Å². The molecule has 1 saturated heterocycles. The fourth-order valence-electron chi connectivity index (χ4n) is 3.91. The average Bonchev–Trinajstić information content (AvgIpc) is 3.17. The van der Waals surface area contributed by atoms with E-state index in [-0.39, 0.29) is 39.9 Å². The van der Waals surface area contributed by atoms with Crippen molar-refractivity contribution in [3.63, 3.8) is 0 Å². The number of nitrogens with zero attached hydrogens (tertiary/aromatic N) is 4. The zero-order valence-electron chi connectivity index (χ0n) is 16.8. The fraction of sp³-hybridized carbons (Fsp3) is 0.286. The second kappa shape index (κ2) is 8.02. The van der Waals surface area contributed by atoms with E-state index in [1.54, 1.807) is 17.6 Å². The predicted octanol–water partition coefficient (Wildman–Crippen LogP) is 4.75. The van der Waals surface area contributed by atoms with Crippen LogP contribution in [0.3, 0.4) is 0 Å². The SMILES string of the molecule is COc1nc(N2CCNCC(F)(F)C2)c2cc(Cl)c(-c3cccc4scnc34)c(F)c2n1. The molecule has 1 N–H and O–H groups in total. The van der Waals surface area contributed by atoms with Gasteiger partial charge >= 0.3 is 6.01 Å². The number of rotatable bonds is 3. The Morgan fingerprint density at radius 1 is 1.25 bits per heavy atom. The zero-order chi connectivity index (χ0) is 22.5. The van der Waals surface area contributed by atoms with Crippen LogP contribution in [0.25, 0.3) is 32.2 Å². The Balaban J connectivity index is 1.75. The summed E-state index contributed by atoms with van der Waals surface area (Å²) in [5.41, 5.74) is 2.91. The van der Waals surface area contributed by atoms with Crippen LogP contribution in [0.4, 0.5) is 19.0 Å². The highest BCUT2D eigenvalue weighted by Gasteiger charge is 2.35. The number of thiazole rings is 1. The number of fused-ring (bicyclic) bond motifs is 2. The molecule has 0 amide bonds. The minimum absolute atomic E-state index is 0.0565. The number of hydrogen-bond donors (Lipinski definition) is 1. The van der Waals surface area contributed by atoms with E-state index in [9.17, 15) is 8.78 Å². The number of alkyl halides is 2. The molecule has 0 saturated carbocycles. The van der Waals surface area contributed by atoms with Crippen molar-refractivity contribution in [3.8, 4) is 17.1 Å². The van der Waals surface area contributed by atoms with Gasteiger partial charge in [0.1, 0.15) is 11.3 Å². The van der Waals surface area contributed by atoms with Gasteiger partial charge in [0.15, 0.2) is 5.82 Å². The third kappa shape index (κ3) is 3.62. The molecule has 1 fully saturated rings. The summed E-state index contributed by atoms with van der Waals surface area (Å²) in [5.74, 6) is -3.52. The molecule has 32 heavy (non-hydrogen) atoms. The van der Waals surface area contributed by atoms with E-state index < -0.39 is 24.8 Å². The van der Waals surface area contributed by atoms with Gasteiger partial charge in [0.05, 0.1) is 40.9 Å². The summed E-state index contributed by atoms with van der Waals surface area (Å²) in [5, 5.41) is 3.06. The second-order valence-corrected chi connectivity index (χ2v) is 8.73. The summed E-state index contributed by atoms with van der Waals surface area (Å²) in [7, 11) is 1.34. The number of ether oxygens (including phenoxy) is 1. The van der Waals surface area contributed by atoms with Crippen LogP contribution in [-0.2, 0) is 0 Å². The molecule has 0 spiro atoms. The number of nitrogens with one attached hydrogen (secondary N) is 1. The Labute approximate surface area is 190 Å². The van der Waals surface area contributed by atoms with Gasteiger partial charge in [-0.25, -0.2) is 18.2 Å². The van der Waals surface area contributed by atoms with Gasteiger partial charge in [-0.3, -0.25) is 0 Å². The van der Waals surface area contributed by atoms with Crippen molar-refractivity contribution in [3.05, 3.63) is 40.6 Å².